The molecule has 5 rings (SSSR count). The monoisotopic (exact) mass is 771 g/mol. The minimum atomic E-state index is -4.71. The number of amides is 2. The molecule has 3 heterocycles. The summed E-state index contributed by atoms with van der Waals surface area (Å²) in [7, 11) is 0. The molecule has 54 heavy (non-hydrogen) atoms. The largest absolute Gasteiger partial charge is 0.460 e. The Kier molecular flexibility index (Phi) is 12.4. The van der Waals surface area contributed by atoms with Crippen LogP contribution in [-0.2, 0) is 59.0 Å². The van der Waals surface area contributed by atoms with Gasteiger partial charge in [-0.2, -0.15) is 18.2 Å². The average Bonchev–Trinajstić information content (AvgIpc) is 3.71. The Morgan fingerprint density at radius 3 is 2.48 bits per heavy atom. The number of hydrogen-bond donors (Lipinski definition) is 4. The number of benzene rings is 1. The molecular formula is C35H44F3N3O13. The standard InChI is InChI=1S/C35H44F3N3O13/c1-18(43)25(30(46)39-21(15-42)10-12-24(45)53-33(2,3)4)40-32(48)34-13-22-26-27(51-17-50-26)29(34)54-41(28(34)31(47)52-22)14-20-8-6-5-7-19(20)9-11-23(44)49-16-35(36,37)38/h5-9,11,18,21-22,25-29,42-43H,10,12-17H2,1-4H3,(H,39,46)(H,40,48). The van der Waals surface area contributed by atoms with Gasteiger partial charge in [-0.05, 0) is 51.3 Å². The van der Waals surface area contributed by atoms with Crippen molar-refractivity contribution in [2.24, 2.45) is 5.41 Å². The summed E-state index contributed by atoms with van der Waals surface area (Å²) in [5.74, 6) is -4.35. The number of aliphatic hydroxyl groups is 2. The van der Waals surface area contributed by atoms with Gasteiger partial charge in [-0.15, -0.1) is 0 Å². The molecule has 4 N–H and O–H groups in total. The summed E-state index contributed by atoms with van der Waals surface area (Å²) in [6.45, 7) is 3.64. The maximum Gasteiger partial charge on any atom is 0.422 e. The van der Waals surface area contributed by atoms with Gasteiger partial charge in [0.1, 0.15) is 48.3 Å². The van der Waals surface area contributed by atoms with Crippen LogP contribution < -0.4 is 10.6 Å². The first-order valence-electron chi connectivity index (χ1n) is 17.3. The van der Waals surface area contributed by atoms with Crippen LogP contribution >= 0.6 is 0 Å². The molecule has 4 fully saturated rings. The van der Waals surface area contributed by atoms with Crippen molar-refractivity contribution in [3.8, 4) is 0 Å². The molecule has 1 aromatic carbocycles. The van der Waals surface area contributed by atoms with Crippen LogP contribution in [0.15, 0.2) is 30.3 Å². The molecule has 9 atom stereocenters. The molecule has 16 nitrogen and oxygen atoms in total. The summed E-state index contributed by atoms with van der Waals surface area (Å²) in [5.41, 5.74) is -1.70. The third kappa shape index (κ3) is 9.20. The Balaban J connectivity index is 1.37. The van der Waals surface area contributed by atoms with Crippen LogP contribution in [0, 0.1) is 5.41 Å². The van der Waals surface area contributed by atoms with Crippen molar-refractivity contribution in [2.75, 3.05) is 20.0 Å². The highest BCUT2D eigenvalue weighted by Crippen LogP contribution is 2.55. The Hall–Kier alpha value is -4.14. The fourth-order valence-corrected chi connectivity index (χ4v) is 7.07. The van der Waals surface area contributed by atoms with Crippen LogP contribution in [0.25, 0.3) is 6.08 Å². The number of carbonyl (C=O) groups excluding carboxylic acids is 5. The second-order valence-electron chi connectivity index (χ2n) is 14.6. The Morgan fingerprint density at radius 2 is 1.81 bits per heavy atom. The van der Waals surface area contributed by atoms with E-state index in [2.05, 4.69) is 15.4 Å². The van der Waals surface area contributed by atoms with Gasteiger partial charge < -0.3 is 44.5 Å². The summed E-state index contributed by atoms with van der Waals surface area (Å²) < 4.78 is 64.3. The smallest absolute Gasteiger partial charge is 0.422 e. The quantitative estimate of drug-likeness (QED) is 0.117. The van der Waals surface area contributed by atoms with E-state index in [0.717, 1.165) is 6.08 Å². The molecule has 3 saturated heterocycles. The first-order chi connectivity index (χ1) is 25.3. The zero-order valence-electron chi connectivity index (χ0n) is 30.0. The molecule has 1 aromatic rings. The van der Waals surface area contributed by atoms with Crippen molar-refractivity contribution < 1.29 is 75.9 Å². The van der Waals surface area contributed by atoms with Crippen molar-refractivity contribution >= 4 is 35.8 Å². The van der Waals surface area contributed by atoms with Gasteiger partial charge in [-0.1, -0.05) is 24.3 Å². The number of halogens is 3. The third-order valence-electron chi connectivity index (χ3n) is 9.39. The highest BCUT2D eigenvalue weighted by Gasteiger charge is 2.75. The van der Waals surface area contributed by atoms with Crippen LogP contribution in [0.1, 0.15) is 58.1 Å². The Bertz CT molecular complexity index is 1620. The van der Waals surface area contributed by atoms with Gasteiger partial charge in [0, 0.05) is 18.9 Å². The van der Waals surface area contributed by atoms with E-state index >= 15 is 0 Å². The van der Waals surface area contributed by atoms with Gasteiger partial charge in [0.2, 0.25) is 11.8 Å². The Morgan fingerprint density at radius 1 is 1.11 bits per heavy atom. The first-order valence-corrected chi connectivity index (χ1v) is 17.3. The molecule has 19 heteroatoms. The van der Waals surface area contributed by atoms with Crippen molar-refractivity contribution in [1.82, 2.24) is 15.7 Å². The molecule has 4 aliphatic rings. The lowest BCUT2D eigenvalue weighted by Crippen LogP contribution is -2.71. The molecule has 2 bridgehead atoms. The number of aliphatic hydroxyl groups excluding tert-OH is 2. The molecule has 0 radical (unpaired) electrons. The van der Waals surface area contributed by atoms with Gasteiger partial charge in [0.15, 0.2) is 12.6 Å². The lowest BCUT2D eigenvalue weighted by Gasteiger charge is -2.49. The van der Waals surface area contributed by atoms with Crippen molar-refractivity contribution in [2.45, 2.75) is 114 Å². The van der Waals surface area contributed by atoms with Gasteiger partial charge in [0.05, 0.1) is 25.3 Å². The fraction of sp³-hybridized carbons (Fsp3) is 0.629. The van der Waals surface area contributed by atoms with Crippen molar-refractivity contribution in [3.63, 3.8) is 0 Å². The highest BCUT2D eigenvalue weighted by molar-refractivity contribution is 5.96. The number of esters is 3. The van der Waals surface area contributed by atoms with E-state index in [1.807, 2.05) is 0 Å². The molecule has 298 valence electrons. The predicted octanol–water partition coefficient (Wildman–Crippen LogP) is 0.811. The number of rotatable bonds is 14. The van der Waals surface area contributed by atoms with Crippen LogP contribution in [0.5, 0.6) is 0 Å². The molecule has 1 aliphatic carbocycles. The van der Waals surface area contributed by atoms with E-state index in [0.29, 0.717) is 11.1 Å². The first kappa shape index (κ1) is 41.0. The van der Waals surface area contributed by atoms with E-state index < -0.39 is 109 Å². The van der Waals surface area contributed by atoms with E-state index in [9.17, 15) is 47.4 Å². The minimum absolute atomic E-state index is 0.00610. The average molecular weight is 772 g/mol. The maximum atomic E-state index is 14.6. The third-order valence-corrected chi connectivity index (χ3v) is 9.39. The lowest BCUT2D eigenvalue weighted by atomic mass is 9.62. The Labute approximate surface area is 308 Å². The molecule has 2 amide bonds. The van der Waals surface area contributed by atoms with Crippen LogP contribution in [0.4, 0.5) is 13.2 Å². The van der Waals surface area contributed by atoms with Crippen molar-refractivity contribution in [1.29, 1.82) is 0 Å². The van der Waals surface area contributed by atoms with Crippen LogP contribution in [0.2, 0.25) is 0 Å². The molecular weight excluding hydrogens is 727 g/mol. The summed E-state index contributed by atoms with van der Waals surface area (Å²) >= 11 is 0. The van der Waals surface area contributed by atoms with E-state index in [-0.39, 0.29) is 32.6 Å². The number of alkyl halides is 3. The lowest BCUT2D eigenvalue weighted by molar-refractivity contribution is -0.201. The summed E-state index contributed by atoms with van der Waals surface area (Å²) in [6, 6.07) is 2.47. The number of nitrogens with zero attached hydrogens (tertiary/aromatic N) is 1. The normalized spacial score (nSPS) is 28.1. The fourth-order valence-electron chi connectivity index (χ4n) is 7.07. The van der Waals surface area contributed by atoms with Gasteiger partial charge >= 0.3 is 24.1 Å². The number of hydrogen-bond acceptors (Lipinski definition) is 14. The SMILES string of the molecule is CC(O)C(NC(=O)C12CC3OC(=O)C1N(Cc1ccccc1C=CC(=O)OCC(F)(F)F)OC2C1OCOC31)C(=O)NC(CO)CCC(=O)OC(C)(C)C. The number of ether oxygens (including phenoxy) is 5. The second kappa shape index (κ2) is 16.3. The summed E-state index contributed by atoms with van der Waals surface area (Å²) in [6.07, 6.45) is -8.17. The number of hydroxylamine groups is 2. The zero-order chi connectivity index (χ0) is 39.6. The van der Waals surface area contributed by atoms with Crippen LogP contribution in [-0.4, -0.2) is 125 Å². The summed E-state index contributed by atoms with van der Waals surface area (Å²) in [5, 5.41) is 27.0. The van der Waals surface area contributed by atoms with Gasteiger partial charge in [-0.3, -0.25) is 24.0 Å². The number of fused-ring (bicyclic) bond motifs is 4. The maximum absolute atomic E-state index is 14.6. The number of nitrogens with one attached hydrogen (secondary N) is 2. The van der Waals surface area contributed by atoms with E-state index in [4.69, 9.17) is 23.8 Å². The number of carbonyl (C=O) groups is 5. The van der Waals surface area contributed by atoms with E-state index in [1.165, 1.54) is 18.1 Å². The minimum Gasteiger partial charge on any atom is -0.460 e. The topological polar surface area (TPSA) is 208 Å². The predicted molar refractivity (Wildman–Crippen MR) is 176 cm³/mol. The molecule has 1 saturated carbocycles. The molecule has 0 spiro atoms. The van der Waals surface area contributed by atoms with Crippen LogP contribution in [0.3, 0.4) is 0 Å². The second-order valence-corrected chi connectivity index (χ2v) is 14.6. The molecule has 9 unspecified atom stereocenters. The van der Waals surface area contributed by atoms with Gasteiger partial charge in [0.25, 0.3) is 0 Å². The summed E-state index contributed by atoms with van der Waals surface area (Å²) in [4.78, 5) is 72.4. The zero-order valence-corrected chi connectivity index (χ0v) is 30.0. The highest BCUT2D eigenvalue weighted by atomic mass is 19.4. The molecule has 3 aliphatic heterocycles. The van der Waals surface area contributed by atoms with Crippen molar-refractivity contribution in [3.05, 3.63) is 41.5 Å². The van der Waals surface area contributed by atoms with E-state index in [1.54, 1.807) is 45.0 Å². The van der Waals surface area contributed by atoms with Gasteiger partial charge in [-0.25, -0.2) is 4.79 Å². The molecule has 0 aromatic heterocycles.